The molecule has 0 fully saturated rings. The molecule has 0 bridgehead atoms. The molecule has 0 aliphatic carbocycles. The Morgan fingerprint density at radius 2 is 1.90 bits per heavy atom. The van der Waals surface area contributed by atoms with E-state index in [1.165, 1.54) is 0 Å². The molecule has 21 heavy (non-hydrogen) atoms. The van der Waals surface area contributed by atoms with E-state index in [2.05, 4.69) is 22.2 Å². The Morgan fingerprint density at radius 3 is 2.57 bits per heavy atom. The number of methoxy groups -OCH3 is 2. The van der Waals surface area contributed by atoms with Crippen molar-refractivity contribution in [3.8, 4) is 22.8 Å². The van der Waals surface area contributed by atoms with Crippen LogP contribution in [0.15, 0.2) is 24.3 Å². The number of ether oxygens (including phenoxy) is 2. The van der Waals surface area contributed by atoms with Gasteiger partial charge in [-0.3, -0.25) is 0 Å². The molecule has 112 valence electrons. The maximum atomic E-state index is 5.44. The number of hydrogen-bond donors (Lipinski definition) is 1. The van der Waals surface area contributed by atoms with E-state index >= 15 is 0 Å². The highest BCUT2D eigenvalue weighted by atomic mass is 16.5. The van der Waals surface area contributed by atoms with Crippen LogP contribution in [0, 0.1) is 6.92 Å². The number of aryl methyl sites for hydroxylation is 1. The van der Waals surface area contributed by atoms with Crippen molar-refractivity contribution in [1.29, 1.82) is 0 Å². The van der Waals surface area contributed by atoms with Crippen molar-refractivity contribution in [3.05, 3.63) is 30.0 Å². The molecular formula is C16H21N3O2. The Kier molecular flexibility index (Phi) is 4.98. The summed E-state index contributed by atoms with van der Waals surface area (Å²) in [5.41, 5.74) is 2.67. The third-order valence-corrected chi connectivity index (χ3v) is 3.07. The molecule has 0 unspecified atom stereocenters. The van der Waals surface area contributed by atoms with Crippen molar-refractivity contribution in [2.45, 2.75) is 20.3 Å². The topological polar surface area (TPSA) is 56.3 Å². The van der Waals surface area contributed by atoms with Crippen molar-refractivity contribution < 1.29 is 9.47 Å². The predicted molar refractivity (Wildman–Crippen MR) is 84.1 cm³/mol. The van der Waals surface area contributed by atoms with Crippen LogP contribution in [0.3, 0.4) is 0 Å². The summed E-state index contributed by atoms with van der Waals surface area (Å²) in [7, 11) is 3.28. The minimum absolute atomic E-state index is 0.643. The molecule has 5 heteroatoms. The molecule has 5 nitrogen and oxygen atoms in total. The van der Waals surface area contributed by atoms with Crippen LogP contribution in [0.2, 0.25) is 0 Å². The van der Waals surface area contributed by atoms with Crippen LogP contribution in [0.4, 0.5) is 5.95 Å². The summed E-state index contributed by atoms with van der Waals surface area (Å²) in [5, 5.41) is 3.22. The van der Waals surface area contributed by atoms with Gasteiger partial charge in [0.2, 0.25) is 5.95 Å². The van der Waals surface area contributed by atoms with Crippen molar-refractivity contribution in [1.82, 2.24) is 9.97 Å². The molecule has 1 aromatic heterocycles. The third-order valence-electron chi connectivity index (χ3n) is 3.07. The van der Waals surface area contributed by atoms with E-state index in [0.717, 1.165) is 41.4 Å². The first-order valence-electron chi connectivity index (χ1n) is 7.00. The minimum atomic E-state index is 0.643. The normalized spacial score (nSPS) is 10.3. The minimum Gasteiger partial charge on any atom is -0.497 e. The first-order chi connectivity index (χ1) is 10.2. The SMILES string of the molecule is CCCNc1nc(C)cc(-c2ccc(OC)cc2OC)n1. The molecule has 1 aromatic carbocycles. The fraction of sp³-hybridized carbons (Fsp3) is 0.375. The molecule has 2 aromatic rings. The Balaban J connectivity index is 2.43. The van der Waals surface area contributed by atoms with Crippen LogP contribution < -0.4 is 14.8 Å². The van der Waals surface area contributed by atoms with E-state index in [-0.39, 0.29) is 0 Å². The van der Waals surface area contributed by atoms with E-state index in [1.807, 2.05) is 31.2 Å². The van der Waals surface area contributed by atoms with E-state index in [1.54, 1.807) is 14.2 Å². The van der Waals surface area contributed by atoms with E-state index in [9.17, 15) is 0 Å². The molecule has 0 atom stereocenters. The van der Waals surface area contributed by atoms with Gasteiger partial charge in [0.1, 0.15) is 11.5 Å². The molecule has 0 radical (unpaired) electrons. The Labute approximate surface area is 125 Å². The van der Waals surface area contributed by atoms with Crippen LogP contribution in [-0.2, 0) is 0 Å². The number of aromatic nitrogens is 2. The lowest BCUT2D eigenvalue weighted by Crippen LogP contribution is -2.06. The van der Waals surface area contributed by atoms with Crippen molar-refractivity contribution >= 4 is 5.95 Å². The van der Waals surface area contributed by atoms with Crippen LogP contribution in [0.1, 0.15) is 19.0 Å². The lowest BCUT2D eigenvalue weighted by Gasteiger charge is -2.12. The smallest absolute Gasteiger partial charge is 0.223 e. The second-order valence-corrected chi connectivity index (χ2v) is 4.71. The van der Waals surface area contributed by atoms with Crippen LogP contribution in [-0.4, -0.2) is 30.7 Å². The quantitative estimate of drug-likeness (QED) is 0.883. The van der Waals surface area contributed by atoms with Gasteiger partial charge in [0.15, 0.2) is 0 Å². The number of hydrogen-bond acceptors (Lipinski definition) is 5. The van der Waals surface area contributed by atoms with Crippen molar-refractivity contribution in [2.75, 3.05) is 26.1 Å². The monoisotopic (exact) mass is 287 g/mol. The van der Waals surface area contributed by atoms with Gasteiger partial charge in [0.05, 0.1) is 19.9 Å². The predicted octanol–water partition coefficient (Wildman–Crippen LogP) is 3.29. The molecule has 0 amide bonds. The van der Waals surface area contributed by atoms with Crippen LogP contribution in [0.25, 0.3) is 11.3 Å². The maximum absolute atomic E-state index is 5.44. The highest BCUT2D eigenvalue weighted by Crippen LogP contribution is 2.32. The summed E-state index contributed by atoms with van der Waals surface area (Å²) in [6.45, 7) is 4.91. The van der Waals surface area contributed by atoms with Gasteiger partial charge >= 0.3 is 0 Å². The Morgan fingerprint density at radius 1 is 1.10 bits per heavy atom. The second kappa shape index (κ2) is 6.92. The van der Waals surface area contributed by atoms with Gasteiger partial charge in [0, 0.05) is 23.9 Å². The molecule has 0 aliphatic rings. The average molecular weight is 287 g/mol. The van der Waals surface area contributed by atoms with Gasteiger partial charge in [-0.05, 0) is 31.5 Å². The molecular weight excluding hydrogens is 266 g/mol. The Bertz CT molecular complexity index is 614. The van der Waals surface area contributed by atoms with E-state index < -0.39 is 0 Å². The summed E-state index contributed by atoms with van der Waals surface area (Å²) >= 11 is 0. The number of nitrogens with zero attached hydrogens (tertiary/aromatic N) is 2. The molecule has 1 N–H and O–H groups in total. The first kappa shape index (κ1) is 15.1. The Hall–Kier alpha value is -2.30. The molecule has 1 heterocycles. The molecule has 0 spiro atoms. The maximum Gasteiger partial charge on any atom is 0.223 e. The zero-order chi connectivity index (χ0) is 15.2. The lowest BCUT2D eigenvalue weighted by molar-refractivity contribution is 0.395. The average Bonchev–Trinajstić information content (AvgIpc) is 2.51. The molecule has 2 rings (SSSR count). The van der Waals surface area contributed by atoms with Gasteiger partial charge in [-0.25, -0.2) is 9.97 Å². The molecule has 0 aliphatic heterocycles. The highest BCUT2D eigenvalue weighted by Gasteiger charge is 2.11. The summed E-state index contributed by atoms with van der Waals surface area (Å²) in [5.74, 6) is 2.13. The van der Waals surface area contributed by atoms with Gasteiger partial charge in [0.25, 0.3) is 0 Å². The van der Waals surface area contributed by atoms with E-state index in [0.29, 0.717) is 5.95 Å². The van der Waals surface area contributed by atoms with Crippen molar-refractivity contribution in [3.63, 3.8) is 0 Å². The van der Waals surface area contributed by atoms with Gasteiger partial charge < -0.3 is 14.8 Å². The number of benzene rings is 1. The van der Waals surface area contributed by atoms with Gasteiger partial charge in [-0.2, -0.15) is 0 Å². The zero-order valence-corrected chi connectivity index (χ0v) is 12.9. The largest absolute Gasteiger partial charge is 0.497 e. The highest BCUT2D eigenvalue weighted by molar-refractivity contribution is 5.69. The third kappa shape index (κ3) is 3.62. The summed E-state index contributed by atoms with van der Waals surface area (Å²) in [6.07, 6.45) is 1.03. The second-order valence-electron chi connectivity index (χ2n) is 4.71. The fourth-order valence-electron chi connectivity index (χ4n) is 2.03. The summed E-state index contributed by atoms with van der Waals surface area (Å²) < 4.78 is 10.7. The summed E-state index contributed by atoms with van der Waals surface area (Å²) in [6, 6.07) is 7.64. The standard InChI is InChI=1S/C16H21N3O2/c1-5-8-17-16-18-11(2)9-14(19-16)13-7-6-12(20-3)10-15(13)21-4/h6-7,9-10H,5,8H2,1-4H3,(H,17,18,19). The van der Waals surface area contributed by atoms with Crippen LogP contribution >= 0.6 is 0 Å². The first-order valence-corrected chi connectivity index (χ1v) is 7.00. The van der Waals surface area contributed by atoms with Crippen molar-refractivity contribution in [2.24, 2.45) is 0 Å². The fourth-order valence-corrected chi connectivity index (χ4v) is 2.03. The number of anilines is 1. The van der Waals surface area contributed by atoms with Crippen LogP contribution in [0.5, 0.6) is 11.5 Å². The zero-order valence-electron chi connectivity index (χ0n) is 12.9. The molecule has 0 saturated carbocycles. The number of rotatable bonds is 6. The number of nitrogens with one attached hydrogen (secondary N) is 1. The van der Waals surface area contributed by atoms with Gasteiger partial charge in [-0.15, -0.1) is 0 Å². The van der Waals surface area contributed by atoms with E-state index in [4.69, 9.17) is 9.47 Å². The molecule has 0 saturated heterocycles. The van der Waals surface area contributed by atoms with Gasteiger partial charge in [-0.1, -0.05) is 6.92 Å². The lowest BCUT2D eigenvalue weighted by atomic mass is 10.1. The summed E-state index contributed by atoms with van der Waals surface area (Å²) in [4.78, 5) is 8.96.